The summed E-state index contributed by atoms with van der Waals surface area (Å²) >= 11 is 0. The van der Waals surface area contributed by atoms with Crippen LogP contribution in [0.3, 0.4) is 0 Å². The van der Waals surface area contributed by atoms with Gasteiger partial charge in [-0.2, -0.15) is 17.5 Å². The van der Waals surface area contributed by atoms with Gasteiger partial charge < -0.3 is 5.32 Å². The lowest BCUT2D eigenvalue weighted by Gasteiger charge is -2.31. The van der Waals surface area contributed by atoms with Gasteiger partial charge in [-0.15, -0.1) is 0 Å². The maximum atomic E-state index is 13.2. The van der Waals surface area contributed by atoms with Crippen molar-refractivity contribution in [2.45, 2.75) is 30.3 Å². The Bertz CT molecular complexity index is 974. The van der Waals surface area contributed by atoms with Crippen molar-refractivity contribution in [1.82, 2.24) is 14.6 Å². The van der Waals surface area contributed by atoms with Crippen molar-refractivity contribution >= 4 is 15.9 Å². The molecule has 1 aliphatic heterocycles. The number of nitrogens with zero attached hydrogens (tertiary/aromatic N) is 2. The van der Waals surface area contributed by atoms with Crippen LogP contribution in [0.25, 0.3) is 0 Å². The molecule has 1 amide bonds. The smallest absolute Gasteiger partial charge is 0.356 e. The molecular formula is C20H22F3N3O3S. The van der Waals surface area contributed by atoms with Gasteiger partial charge in [0.2, 0.25) is 15.9 Å². The van der Waals surface area contributed by atoms with Crippen molar-refractivity contribution in [1.29, 1.82) is 0 Å². The Morgan fingerprint density at radius 2 is 1.83 bits per heavy atom. The molecule has 162 valence electrons. The molecule has 3 rings (SSSR count). The number of amides is 1. The van der Waals surface area contributed by atoms with E-state index in [9.17, 15) is 26.4 Å². The molecule has 1 fully saturated rings. The highest BCUT2D eigenvalue weighted by molar-refractivity contribution is 7.89. The quantitative estimate of drug-likeness (QED) is 0.748. The first kappa shape index (κ1) is 22.2. The molecule has 1 aliphatic rings. The standard InChI is InChI=1S/C20H22F3N3O3S/c21-20(22,23)17-5-1-2-6-18(17)30(28,29)26-12-8-16(9-13-26)19(27)25-11-7-15-4-3-10-24-14-15/h1-6,10,14,16H,7-9,11-13H2,(H,25,27). The van der Waals surface area contributed by atoms with E-state index in [1.807, 2.05) is 12.1 Å². The lowest BCUT2D eigenvalue weighted by molar-refractivity contribution is -0.139. The Morgan fingerprint density at radius 1 is 1.13 bits per heavy atom. The van der Waals surface area contributed by atoms with Crippen LogP contribution >= 0.6 is 0 Å². The molecule has 0 atom stereocenters. The van der Waals surface area contributed by atoms with E-state index in [4.69, 9.17) is 0 Å². The first-order valence-corrected chi connectivity index (χ1v) is 11.0. The maximum Gasteiger partial charge on any atom is 0.417 e. The minimum absolute atomic E-state index is 0.00475. The molecular weight excluding hydrogens is 419 g/mol. The third kappa shape index (κ3) is 5.17. The van der Waals surface area contributed by atoms with Crippen LogP contribution in [0, 0.1) is 5.92 Å². The molecule has 0 aliphatic carbocycles. The van der Waals surface area contributed by atoms with Crippen molar-refractivity contribution in [3.05, 3.63) is 59.9 Å². The molecule has 1 N–H and O–H groups in total. The van der Waals surface area contributed by atoms with Gasteiger partial charge in [-0.25, -0.2) is 8.42 Å². The van der Waals surface area contributed by atoms with Gasteiger partial charge in [-0.05, 0) is 43.0 Å². The second-order valence-corrected chi connectivity index (χ2v) is 8.98. The molecule has 0 spiro atoms. The van der Waals surface area contributed by atoms with Crippen LogP contribution in [0.4, 0.5) is 13.2 Å². The van der Waals surface area contributed by atoms with Crippen LogP contribution in [-0.4, -0.2) is 43.2 Å². The maximum absolute atomic E-state index is 13.2. The lowest BCUT2D eigenvalue weighted by atomic mass is 9.97. The van der Waals surface area contributed by atoms with E-state index in [2.05, 4.69) is 10.3 Å². The third-order valence-electron chi connectivity index (χ3n) is 5.07. The summed E-state index contributed by atoms with van der Waals surface area (Å²) in [6.45, 7) is 0.423. The highest BCUT2D eigenvalue weighted by Crippen LogP contribution is 2.36. The van der Waals surface area contributed by atoms with E-state index >= 15 is 0 Å². The Kier molecular flexibility index (Phi) is 6.77. The average molecular weight is 441 g/mol. The number of sulfonamides is 1. The second kappa shape index (κ2) is 9.13. The monoisotopic (exact) mass is 441 g/mol. The number of carbonyl (C=O) groups excluding carboxylic acids is 1. The summed E-state index contributed by atoms with van der Waals surface area (Å²) in [7, 11) is -4.30. The Labute approximate surface area is 173 Å². The highest BCUT2D eigenvalue weighted by Gasteiger charge is 2.40. The number of nitrogens with one attached hydrogen (secondary N) is 1. The molecule has 10 heteroatoms. The summed E-state index contributed by atoms with van der Waals surface area (Å²) < 4.78 is 66.2. The van der Waals surface area contributed by atoms with Crippen molar-refractivity contribution < 1.29 is 26.4 Å². The molecule has 30 heavy (non-hydrogen) atoms. The normalized spacial score (nSPS) is 16.4. The van der Waals surface area contributed by atoms with Crippen LogP contribution in [0.15, 0.2) is 53.7 Å². The predicted octanol–water partition coefficient (Wildman–Crippen LogP) is 2.86. The Hall–Kier alpha value is -2.46. The largest absolute Gasteiger partial charge is 0.417 e. The van der Waals surface area contributed by atoms with E-state index in [1.165, 1.54) is 6.07 Å². The van der Waals surface area contributed by atoms with E-state index in [0.717, 1.165) is 28.1 Å². The summed E-state index contributed by atoms with van der Waals surface area (Å²) in [6.07, 6.45) is -0.249. The number of alkyl halides is 3. The number of hydrogen-bond acceptors (Lipinski definition) is 4. The van der Waals surface area contributed by atoms with E-state index in [-0.39, 0.29) is 37.8 Å². The number of benzene rings is 1. The van der Waals surface area contributed by atoms with E-state index in [1.54, 1.807) is 12.4 Å². The molecule has 2 aromatic rings. The van der Waals surface area contributed by atoms with E-state index in [0.29, 0.717) is 13.0 Å². The van der Waals surface area contributed by atoms with Crippen LogP contribution in [0.5, 0.6) is 0 Å². The molecule has 1 aromatic heterocycles. The van der Waals surface area contributed by atoms with Crippen LogP contribution < -0.4 is 5.32 Å². The second-order valence-electron chi connectivity index (χ2n) is 7.07. The molecule has 6 nitrogen and oxygen atoms in total. The number of carbonyl (C=O) groups is 1. The molecule has 2 heterocycles. The Morgan fingerprint density at radius 3 is 2.47 bits per heavy atom. The number of hydrogen-bond donors (Lipinski definition) is 1. The fraction of sp³-hybridized carbons (Fsp3) is 0.400. The summed E-state index contributed by atoms with van der Waals surface area (Å²) in [4.78, 5) is 15.6. The van der Waals surface area contributed by atoms with Crippen molar-refractivity contribution in [3.63, 3.8) is 0 Å². The topological polar surface area (TPSA) is 79.4 Å². The number of aromatic nitrogens is 1. The van der Waals surface area contributed by atoms with Crippen LogP contribution in [-0.2, 0) is 27.4 Å². The highest BCUT2D eigenvalue weighted by atomic mass is 32.2. The fourth-order valence-electron chi connectivity index (χ4n) is 3.44. The number of halogens is 3. The van der Waals surface area contributed by atoms with Gasteiger partial charge in [0.05, 0.1) is 10.5 Å². The van der Waals surface area contributed by atoms with Gasteiger partial charge >= 0.3 is 6.18 Å². The minimum Gasteiger partial charge on any atom is -0.356 e. The zero-order valence-corrected chi connectivity index (χ0v) is 16.9. The third-order valence-corrected chi connectivity index (χ3v) is 7.03. The van der Waals surface area contributed by atoms with Crippen molar-refractivity contribution in [2.75, 3.05) is 19.6 Å². The van der Waals surface area contributed by atoms with Gasteiger partial charge in [0.15, 0.2) is 0 Å². The van der Waals surface area contributed by atoms with E-state index < -0.39 is 26.7 Å². The number of pyridine rings is 1. The minimum atomic E-state index is -4.77. The summed E-state index contributed by atoms with van der Waals surface area (Å²) in [5, 5.41) is 2.83. The van der Waals surface area contributed by atoms with Gasteiger partial charge in [0.1, 0.15) is 0 Å². The molecule has 0 bridgehead atoms. The first-order valence-electron chi connectivity index (χ1n) is 9.52. The zero-order valence-electron chi connectivity index (χ0n) is 16.1. The molecule has 1 aromatic carbocycles. The van der Waals surface area contributed by atoms with Gasteiger partial charge in [0, 0.05) is 37.9 Å². The number of rotatable bonds is 6. The molecule has 0 saturated carbocycles. The molecule has 0 unspecified atom stereocenters. The van der Waals surface area contributed by atoms with Crippen molar-refractivity contribution in [3.8, 4) is 0 Å². The SMILES string of the molecule is O=C(NCCc1cccnc1)C1CCN(S(=O)(=O)c2ccccc2C(F)(F)F)CC1. The van der Waals surface area contributed by atoms with Gasteiger partial charge in [-0.3, -0.25) is 9.78 Å². The summed E-state index contributed by atoms with van der Waals surface area (Å²) in [5.74, 6) is -0.546. The molecule has 0 radical (unpaired) electrons. The fourth-order valence-corrected chi connectivity index (χ4v) is 5.13. The van der Waals surface area contributed by atoms with Gasteiger partial charge in [-0.1, -0.05) is 18.2 Å². The zero-order chi connectivity index (χ0) is 21.8. The summed E-state index contributed by atoms with van der Waals surface area (Å²) in [6, 6.07) is 7.87. The summed E-state index contributed by atoms with van der Waals surface area (Å²) in [5.41, 5.74) is -0.192. The first-order chi connectivity index (χ1) is 14.2. The van der Waals surface area contributed by atoms with Crippen LogP contribution in [0.2, 0.25) is 0 Å². The average Bonchev–Trinajstić information content (AvgIpc) is 2.74. The predicted molar refractivity (Wildman–Crippen MR) is 104 cm³/mol. The van der Waals surface area contributed by atoms with Gasteiger partial charge in [0.25, 0.3) is 0 Å². The lowest BCUT2D eigenvalue weighted by Crippen LogP contribution is -2.43. The Balaban J connectivity index is 1.58. The van der Waals surface area contributed by atoms with Crippen LogP contribution in [0.1, 0.15) is 24.0 Å². The number of piperidine rings is 1. The van der Waals surface area contributed by atoms with Crippen molar-refractivity contribution in [2.24, 2.45) is 5.92 Å². The molecule has 1 saturated heterocycles.